The first-order chi connectivity index (χ1) is 18.0. The first kappa shape index (κ1) is 23.6. The van der Waals surface area contributed by atoms with E-state index in [1.807, 2.05) is 11.0 Å². The van der Waals surface area contributed by atoms with Crippen molar-refractivity contribution < 1.29 is 9.53 Å². The summed E-state index contributed by atoms with van der Waals surface area (Å²) in [6.07, 6.45) is 8.74. The molecule has 2 aromatic heterocycles. The number of piperazine rings is 1. The zero-order valence-corrected chi connectivity index (χ0v) is 21.1. The lowest BCUT2D eigenvalue weighted by molar-refractivity contribution is -0.147. The highest BCUT2D eigenvalue weighted by atomic mass is 16.5. The average molecular weight is 499 g/mol. The van der Waals surface area contributed by atoms with Gasteiger partial charge in [0.25, 0.3) is 0 Å². The number of nitrogens with zero attached hydrogens (tertiary/aromatic N) is 8. The summed E-state index contributed by atoms with van der Waals surface area (Å²) in [5.41, 5.74) is 0.803. The van der Waals surface area contributed by atoms with Crippen molar-refractivity contribution in [3.8, 4) is 12.1 Å². The summed E-state index contributed by atoms with van der Waals surface area (Å²) >= 11 is 0. The van der Waals surface area contributed by atoms with Crippen molar-refractivity contribution in [2.45, 2.75) is 50.0 Å². The molecule has 1 amide bonds. The molecule has 2 saturated carbocycles. The Bertz CT molecular complexity index is 1310. The monoisotopic (exact) mass is 498 g/mol. The highest BCUT2D eigenvalue weighted by Crippen LogP contribution is 2.56. The molecule has 3 fully saturated rings. The topological polar surface area (TPSA) is 122 Å². The minimum Gasteiger partial charge on any atom is -0.382 e. The predicted octanol–water partition coefficient (Wildman–Crippen LogP) is 2.67. The van der Waals surface area contributed by atoms with E-state index in [9.17, 15) is 15.3 Å². The maximum atomic E-state index is 13.4. The Morgan fingerprint density at radius 3 is 2.57 bits per heavy atom. The summed E-state index contributed by atoms with van der Waals surface area (Å²) in [6.45, 7) is 2.91. The first-order valence-corrected chi connectivity index (χ1v) is 13.0. The summed E-state index contributed by atoms with van der Waals surface area (Å²) < 4.78 is 5.53. The molecule has 1 spiro atoms. The van der Waals surface area contributed by atoms with Gasteiger partial charge in [-0.15, -0.1) is 0 Å². The number of nitriles is 2. The van der Waals surface area contributed by atoms with Crippen LogP contribution in [0, 0.1) is 28.1 Å². The van der Waals surface area contributed by atoms with Gasteiger partial charge in [0.1, 0.15) is 29.2 Å². The van der Waals surface area contributed by atoms with E-state index in [2.05, 4.69) is 26.9 Å². The average Bonchev–Trinajstić information content (AvgIpc) is 3.25. The number of anilines is 3. The third-order valence-corrected chi connectivity index (χ3v) is 8.75. The van der Waals surface area contributed by atoms with Crippen molar-refractivity contribution in [1.29, 1.82) is 10.5 Å². The van der Waals surface area contributed by atoms with Crippen molar-refractivity contribution >= 4 is 23.4 Å². The Morgan fingerprint density at radius 2 is 1.92 bits per heavy atom. The van der Waals surface area contributed by atoms with Crippen LogP contribution in [0.5, 0.6) is 0 Å². The number of fused-ring (bicyclic) bond motifs is 2. The second-order valence-electron chi connectivity index (χ2n) is 10.7. The van der Waals surface area contributed by atoms with Gasteiger partial charge in [0.15, 0.2) is 0 Å². The summed E-state index contributed by atoms with van der Waals surface area (Å²) in [5.74, 6) is 2.44. The van der Waals surface area contributed by atoms with Gasteiger partial charge in [-0.3, -0.25) is 4.79 Å². The minimum atomic E-state index is -0.869. The molecule has 0 bridgehead atoms. The molecular formula is C27H30N8O2. The minimum absolute atomic E-state index is 0.0449. The molecule has 4 heterocycles. The molecular weight excluding hydrogens is 468 g/mol. The van der Waals surface area contributed by atoms with Crippen LogP contribution in [0.2, 0.25) is 0 Å². The quantitative estimate of drug-likeness (QED) is 0.612. The molecule has 1 unspecified atom stereocenters. The normalized spacial score (nSPS) is 23.0. The maximum Gasteiger partial charge on any atom is 0.243 e. The standard InChI is InChI=1S/C27H30N8O2/c1-37-15-20-14-33(10-11-34(20)25(36)26(16-29)5-2-6-26)23-22-24(32-18-31-23)35(17-27(22)7-3-8-27)21-12-19(13-28)4-9-30-21/h4,9,12,18,20H,2-3,5-8,10-11,14-15,17H2,1H3. The number of aromatic nitrogens is 3. The fourth-order valence-corrected chi connectivity index (χ4v) is 6.41. The van der Waals surface area contributed by atoms with Crippen LogP contribution in [0.4, 0.5) is 17.5 Å². The van der Waals surface area contributed by atoms with Crippen LogP contribution < -0.4 is 9.80 Å². The highest BCUT2D eigenvalue weighted by molar-refractivity contribution is 5.87. The Labute approximate surface area is 216 Å². The summed E-state index contributed by atoms with van der Waals surface area (Å²) in [7, 11) is 1.65. The van der Waals surface area contributed by atoms with Crippen LogP contribution in [-0.2, 0) is 14.9 Å². The number of amides is 1. The third-order valence-electron chi connectivity index (χ3n) is 8.75. The van der Waals surface area contributed by atoms with E-state index in [0.717, 1.165) is 55.2 Å². The van der Waals surface area contributed by atoms with Crippen LogP contribution in [0.1, 0.15) is 49.7 Å². The molecule has 0 N–H and O–H groups in total. The largest absolute Gasteiger partial charge is 0.382 e. The van der Waals surface area contributed by atoms with Crippen molar-refractivity contribution in [2.24, 2.45) is 5.41 Å². The third kappa shape index (κ3) is 3.62. The molecule has 10 nitrogen and oxygen atoms in total. The van der Waals surface area contributed by atoms with E-state index in [0.29, 0.717) is 44.6 Å². The van der Waals surface area contributed by atoms with Crippen LogP contribution >= 0.6 is 0 Å². The Balaban J connectivity index is 1.33. The molecule has 0 radical (unpaired) electrons. The zero-order chi connectivity index (χ0) is 25.6. The number of ether oxygens (including phenoxy) is 1. The Hall–Kier alpha value is -3.76. The van der Waals surface area contributed by atoms with Gasteiger partial charge in [-0.25, -0.2) is 15.0 Å². The van der Waals surface area contributed by atoms with Crippen molar-refractivity contribution in [3.63, 3.8) is 0 Å². The lowest BCUT2D eigenvalue weighted by atomic mass is 9.66. The Morgan fingerprint density at radius 1 is 1.14 bits per heavy atom. The number of pyridine rings is 1. The second-order valence-corrected chi connectivity index (χ2v) is 10.7. The van der Waals surface area contributed by atoms with Gasteiger partial charge in [-0.05, 0) is 44.2 Å². The smallest absolute Gasteiger partial charge is 0.243 e. The number of hydrogen-bond acceptors (Lipinski definition) is 9. The lowest BCUT2D eigenvalue weighted by Crippen LogP contribution is -2.61. The van der Waals surface area contributed by atoms with E-state index in [1.54, 1.807) is 25.7 Å². The number of carbonyl (C=O) groups excluding carboxylic acids is 1. The van der Waals surface area contributed by atoms with Gasteiger partial charge in [0.05, 0.1) is 30.4 Å². The number of carbonyl (C=O) groups is 1. The SMILES string of the molecule is COCC1CN(c2ncnc3c2C2(CCC2)CN3c2cc(C#N)ccn2)CCN1C(=O)C1(C#N)CCC1. The van der Waals surface area contributed by atoms with Crippen LogP contribution in [-0.4, -0.2) is 71.7 Å². The number of rotatable bonds is 5. The predicted molar refractivity (Wildman–Crippen MR) is 135 cm³/mol. The molecule has 1 atom stereocenters. The molecule has 0 aromatic carbocycles. The molecule has 2 aromatic rings. The number of hydrogen-bond donors (Lipinski definition) is 0. The van der Waals surface area contributed by atoms with E-state index in [1.165, 1.54) is 0 Å². The fourth-order valence-electron chi connectivity index (χ4n) is 6.41. The van der Waals surface area contributed by atoms with Gasteiger partial charge in [-0.1, -0.05) is 6.42 Å². The van der Waals surface area contributed by atoms with Gasteiger partial charge < -0.3 is 19.4 Å². The van der Waals surface area contributed by atoms with Gasteiger partial charge >= 0.3 is 0 Å². The van der Waals surface area contributed by atoms with Gasteiger partial charge in [0.2, 0.25) is 5.91 Å². The molecule has 37 heavy (non-hydrogen) atoms. The van der Waals surface area contributed by atoms with Crippen molar-refractivity contribution in [1.82, 2.24) is 19.9 Å². The molecule has 10 heteroatoms. The molecule has 2 aliphatic heterocycles. The van der Waals surface area contributed by atoms with Crippen LogP contribution in [0.15, 0.2) is 24.7 Å². The zero-order valence-electron chi connectivity index (χ0n) is 21.1. The Kier molecular flexibility index (Phi) is 5.73. The highest BCUT2D eigenvalue weighted by Gasteiger charge is 2.52. The second kappa shape index (κ2) is 8.97. The molecule has 190 valence electrons. The molecule has 4 aliphatic rings. The summed E-state index contributed by atoms with van der Waals surface area (Å²) in [5, 5.41) is 19.2. The first-order valence-electron chi connectivity index (χ1n) is 13.0. The summed E-state index contributed by atoms with van der Waals surface area (Å²) in [6, 6.07) is 7.88. The van der Waals surface area contributed by atoms with Crippen molar-refractivity contribution in [3.05, 3.63) is 35.8 Å². The van der Waals surface area contributed by atoms with Crippen molar-refractivity contribution in [2.75, 3.05) is 49.7 Å². The van der Waals surface area contributed by atoms with Gasteiger partial charge in [0, 0.05) is 50.5 Å². The molecule has 1 saturated heterocycles. The van der Waals surface area contributed by atoms with E-state index in [4.69, 9.17) is 14.7 Å². The lowest BCUT2D eigenvalue weighted by Gasteiger charge is -2.47. The summed E-state index contributed by atoms with van der Waals surface area (Å²) in [4.78, 5) is 33.7. The van der Waals surface area contributed by atoms with E-state index < -0.39 is 5.41 Å². The maximum absolute atomic E-state index is 13.4. The fraction of sp³-hybridized carbons (Fsp3) is 0.556. The van der Waals surface area contributed by atoms with Crippen LogP contribution in [0.25, 0.3) is 0 Å². The molecule has 2 aliphatic carbocycles. The van der Waals surface area contributed by atoms with Crippen LogP contribution in [0.3, 0.4) is 0 Å². The van der Waals surface area contributed by atoms with E-state index >= 15 is 0 Å². The van der Waals surface area contributed by atoms with Gasteiger partial charge in [-0.2, -0.15) is 10.5 Å². The molecule has 6 rings (SSSR count). The van der Waals surface area contributed by atoms with E-state index in [-0.39, 0.29) is 17.4 Å². The number of methoxy groups -OCH3 is 1.